The summed E-state index contributed by atoms with van der Waals surface area (Å²) in [6.45, 7) is 5.64. The van der Waals surface area contributed by atoms with Gasteiger partial charge in [0.1, 0.15) is 42.7 Å². The van der Waals surface area contributed by atoms with Gasteiger partial charge in [-0.1, -0.05) is 6.58 Å². The molecule has 33 heavy (non-hydrogen) atoms. The SMILES string of the molecule is C=C(COC(C)=O)[C@H]1Cc2c(ccc3c2O[C@H]2COc4cc(OC)c(OC)cc4[C@H]2C3=O)O1. The summed E-state index contributed by atoms with van der Waals surface area (Å²) in [5, 5.41) is 0. The van der Waals surface area contributed by atoms with Crippen LogP contribution >= 0.6 is 0 Å². The maximum atomic E-state index is 13.6. The van der Waals surface area contributed by atoms with Gasteiger partial charge >= 0.3 is 5.97 Å². The zero-order valence-corrected chi connectivity index (χ0v) is 18.6. The number of rotatable bonds is 5. The van der Waals surface area contributed by atoms with Gasteiger partial charge in [-0.15, -0.1) is 0 Å². The third-order valence-electron chi connectivity index (χ3n) is 6.24. The molecule has 0 unspecified atom stereocenters. The zero-order valence-electron chi connectivity index (χ0n) is 18.6. The van der Waals surface area contributed by atoms with E-state index >= 15 is 0 Å². The molecule has 0 saturated heterocycles. The Bertz CT molecular complexity index is 1170. The summed E-state index contributed by atoms with van der Waals surface area (Å²) in [6.07, 6.45) is -0.362. The number of esters is 1. The topological polar surface area (TPSA) is 89.5 Å². The molecule has 0 fully saturated rings. The number of ketones is 1. The highest BCUT2D eigenvalue weighted by molar-refractivity contribution is 6.06. The Morgan fingerprint density at radius 3 is 2.61 bits per heavy atom. The summed E-state index contributed by atoms with van der Waals surface area (Å²) in [5.41, 5.74) is 2.67. The highest BCUT2D eigenvalue weighted by Gasteiger charge is 2.45. The summed E-state index contributed by atoms with van der Waals surface area (Å²) in [7, 11) is 3.10. The van der Waals surface area contributed by atoms with Gasteiger partial charge in [0.05, 0.1) is 25.7 Å². The third kappa shape index (κ3) is 3.46. The molecular weight excluding hydrogens is 428 g/mol. The number of carbonyl (C=O) groups is 2. The van der Waals surface area contributed by atoms with E-state index in [0.717, 1.165) is 5.56 Å². The lowest BCUT2D eigenvalue weighted by Gasteiger charge is -2.37. The Hall–Kier alpha value is -3.68. The van der Waals surface area contributed by atoms with Crippen molar-refractivity contribution in [2.75, 3.05) is 27.4 Å². The first kappa shape index (κ1) is 21.2. The molecule has 0 bridgehead atoms. The number of hydrogen-bond donors (Lipinski definition) is 0. The number of benzene rings is 2. The van der Waals surface area contributed by atoms with Gasteiger partial charge in [0.2, 0.25) is 0 Å². The fraction of sp³-hybridized carbons (Fsp3) is 0.360. The second-order valence-corrected chi connectivity index (χ2v) is 8.22. The third-order valence-corrected chi connectivity index (χ3v) is 6.24. The molecule has 5 rings (SSSR count). The molecule has 0 aromatic heterocycles. The van der Waals surface area contributed by atoms with Crippen molar-refractivity contribution in [3.05, 3.63) is 53.1 Å². The van der Waals surface area contributed by atoms with Crippen molar-refractivity contribution >= 4 is 11.8 Å². The highest BCUT2D eigenvalue weighted by atomic mass is 16.5. The lowest BCUT2D eigenvalue weighted by molar-refractivity contribution is -0.140. The Labute approximate surface area is 191 Å². The molecule has 3 atom stereocenters. The Morgan fingerprint density at radius 2 is 1.88 bits per heavy atom. The molecule has 3 aliphatic rings. The molecule has 0 amide bonds. The maximum Gasteiger partial charge on any atom is 0.302 e. The van der Waals surface area contributed by atoms with E-state index in [0.29, 0.717) is 51.9 Å². The molecule has 2 aromatic rings. The number of carbonyl (C=O) groups excluding carboxylic acids is 2. The average Bonchev–Trinajstić information content (AvgIpc) is 3.26. The van der Waals surface area contributed by atoms with Crippen molar-refractivity contribution in [2.24, 2.45) is 0 Å². The van der Waals surface area contributed by atoms with Gasteiger partial charge < -0.3 is 28.4 Å². The van der Waals surface area contributed by atoms with Gasteiger partial charge in [-0.25, -0.2) is 0 Å². The maximum absolute atomic E-state index is 13.6. The van der Waals surface area contributed by atoms with E-state index in [1.807, 2.05) is 0 Å². The first-order chi connectivity index (χ1) is 15.9. The smallest absolute Gasteiger partial charge is 0.302 e. The van der Waals surface area contributed by atoms with Crippen LogP contribution in [-0.2, 0) is 16.0 Å². The van der Waals surface area contributed by atoms with Gasteiger partial charge in [0.25, 0.3) is 0 Å². The normalized spacial score (nSPS) is 21.8. The number of Topliss-reactive ketones (excluding diaryl/α,β-unsaturated/α-hetero) is 1. The van der Waals surface area contributed by atoms with Crippen molar-refractivity contribution in [2.45, 2.75) is 31.5 Å². The quantitative estimate of drug-likeness (QED) is 0.505. The molecule has 2 aromatic carbocycles. The molecule has 0 spiro atoms. The van der Waals surface area contributed by atoms with E-state index in [2.05, 4.69) is 6.58 Å². The molecule has 0 aliphatic carbocycles. The van der Waals surface area contributed by atoms with Crippen molar-refractivity contribution in [3.63, 3.8) is 0 Å². The van der Waals surface area contributed by atoms with Gasteiger partial charge in [-0.2, -0.15) is 0 Å². The Balaban J connectivity index is 1.46. The lowest BCUT2D eigenvalue weighted by Crippen LogP contribution is -2.43. The second-order valence-electron chi connectivity index (χ2n) is 8.22. The number of hydrogen-bond acceptors (Lipinski definition) is 8. The lowest BCUT2D eigenvalue weighted by atomic mass is 9.81. The highest BCUT2D eigenvalue weighted by Crippen LogP contribution is 2.49. The number of fused-ring (bicyclic) bond motifs is 6. The van der Waals surface area contributed by atoms with Gasteiger partial charge in [0.15, 0.2) is 17.3 Å². The van der Waals surface area contributed by atoms with Crippen LogP contribution in [0.2, 0.25) is 0 Å². The molecule has 0 saturated carbocycles. The molecule has 0 N–H and O–H groups in total. The predicted octanol–water partition coefficient (Wildman–Crippen LogP) is 3.25. The molecule has 3 aliphatic heterocycles. The van der Waals surface area contributed by atoms with E-state index in [-0.39, 0.29) is 31.1 Å². The van der Waals surface area contributed by atoms with Crippen molar-refractivity contribution < 1.29 is 38.0 Å². The van der Waals surface area contributed by atoms with Gasteiger partial charge in [0, 0.05) is 36.1 Å². The summed E-state index contributed by atoms with van der Waals surface area (Å²) in [5.74, 6) is 1.87. The van der Waals surface area contributed by atoms with Crippen LogP contribution in [0.25, 0.3) is 0 Å². The van der Waals surface area contributed by atoms with E-state index in [1.54, 1.807) is 38.5 Å². The summed E-state index contributed by atoms with van der Waals surface area (Å²) in [6, 6.07) is 7.04. The molecule has 172 valence electrons. The van der Waals surface area contributed by atoms with Gasteiger partial charge in [-0.3, -0.25) is 9.59 Å². The van der Waals surface area contributed by atoms with Crippen molar-refractivity contribution in [1.82, 2.24) is 0 Å². The van der Waals surface area contributed by atoms with Crippen LogP contribution in [0.1, 0.15) is 34.3 Å². The second kappa shape index (κ2) is 8.03. The van der Waals surface area contributed by atoms with Crippen LogP contribution < -0.4 is 23.7 Å². The number of ether oxygens (including phenoxy) is 6. The minimum atomic E-state index is -0.517. The first-order valence-electron chi connectivity index (χ1n) is 10.6. The fourth-order valence-corrected chi connectivity index (χ4v) is 4.58. The van der Waals surface area contributed by atoms with Gasteiger partial charge in [-0.05, 0) is 18.2 Å². The van der Waals surface area contributed by atoms with E-state index in [9.17, 15) is 9.59 Å². The van der Waals surface area contributed by atoms with Crippen LogP contribution in [0.15, 0.2) is 36.4 Å². The van der Waals surface area contributed by atoms with Crippen molar-refractivity contribution in [3.8, 4) is 28.7 Å². The van der Waals surface area contributed by atoms with Crippen LogP contribution in [0, 0.1) is 0 Å². The number of methoxy groups -OCH3 is 2. The largest absolute Gasteiger partial charge is 0.493 e. The molecule has 8 nitrogen and oxygen atoms in total. The monoisotopic (exact) mass is 452 g/mol. The van der Waals surface area contributed by atoms with Crippen molar-refractivity contribution in [1.29, 1.82) is 0 Å². The minimum absolute atomic E-state index is 0.0389. The zero-order chi connectivity index (χ0) is 23.3. The van der Waals surface area contributed by atoms with E-state index in [1.165, 1.54) is 6.92 Å². The van der Waals surface area contributed by atoms with E-state index < -0.39 is 12.0 Å². The van der Waals surface area contributed by atoms with Crippen LogP contribution in [0.5, 0.6) is 28.7 Å². The predicted molar refractivity (Wildman–Crippen MR) is 117 cm³/mol. The summed E-state index contributed by atoms with van der Waals surface area (Å²) in [4.78, 5) is 24.8. The summed E-state index contributed by atoms with van der Waals surface area (Å²) >= 11 is 0. The Morgan fingerprint density at radius 1 is 1.12 bits per heavy atom. The molecule has 0 radical (unpaired) electrons. The molecule has 8 heteroatoms. The molecular formula is C25H24O8. The molecule has 3 heterocycles. The fourth-order valence-electron chi connectivity index (χ4n) is 4.58. The first-order valence-corrected chi connectivity index (χ1v) is 10.6. The van der Waals surface area contributed by atoms with Crippen LogP contribution in [0.3, 0.4) is 0 Å². The Kier molecular flexibility index (Phi) is 5.15. The van der Waals surface area contributed by atoms with Crippen LogP contribution in [0.4, 0.5) is 0 Å². The summed E-state index contributed by atoms with van der Waals surface area (Å²) < 4.78 is 34.1. The minimum Gasteiger partial charge on any atom is -0.493 e. The average molecular weight is 452 g/mol. The standard InChI is InChI=1S/C25H24O8/c1-12(10-30-13(2)26)18-8-16-17(32-18)6-5-14-24(27)23-15-7-20(28-3)21(29-4)9-19(15)31-11-22(23)33-25(14)16/h5-7,9,18,22-23H,1,8,10-11H2,2-4H3/t18-,22+,23-/m1/s1. The van der Waals surface area contributed by atoms with E-state index in [4.69, 9.17) is 28.4 Å². The van der Waals surface area contributed by atoms with Crippen LogP contribution in [-0.4, -0.2) is 51.4 Å².